The van der Waals surface area contributed by atoms with Gasteiger partial charge < -0.3 is 14.5 Å². The predicted octanol–water partition coefficient (Wildman–Crippen LogP) is 1.37. The number of allylic oxidation sites excluding steroid dienone is 1. The lowest BCUT2D eigenvalue weighted by molar-refractivity contribution is -0.139. The first-order chi connectivity index (χ1) is 7.41. The summed E-state index contributed by atoms with van der Waals surface area (Å²) in [6.45, 7) is 6.04. The summed E-state index contributed by atoms with van der Waals surface area (Å²) < 4.78 is 5.06. The van der Waals surface area contributed by atoms with Crippen LogP contribution in [0.2, 0.25) is 0 Å². The van der Waals surface area contributed by atoms with Crippen molar-refractivity contribution in [3.63, 3.8) is 0 Å². The molecule has 1 rings (SSSR count). The number of esters is 1. The van der Waals surface area contributed by atoms with E-state index in [2.05, 4.69) is 0 Å². The molecule has 4 nitrogen and oxygen atoms in total. The van der Waals surface area contributed by atoms with Gasteiger partial charge in [-0.1, -0.05) is 0 Å². The van der Waals surface area contributed by atoms with Crippen LogP contribution in [-0.2, 0) is 9.53 Å². The number of hydrogen-bond acceptors (Lipinski definition) is 3. The molecular weight excluding hydrogens is 224 g/mol. The van der Waals surface area contributed by atoms with Crippen LogP contribution in [0.5, 0.6) is 0 Å². The first-order valence-corrected chi connectivity index (χ1v) is 5.71. The van der Waals surface area contributed by atoms with E-state index in [1.807, 2.05) is 37.7 Å². The highest BCUT2D eigenvalue weighted by atomic mass is 32.1. The van der Waals surface area contributed by atoms with Crippen LogP contribution in [-0.4, -0.2) is 47.6 Å². The van der Waals surface area contributed by atoms with Crippen LogP contribution in [0.15, 0.2) is 11.3 Å². The van der Waals surface area contributed by atoms with Crippen molar-refractivity contribution < 1.29 is 9.53 Å². The SMILES string of the molecule is CCOC(=O)C1=C(C)N(C)C(=S)N(C)C1C. The van der Waals surface area contributed by atoms with Crippen LogP contribution in [0.4, 0.5) is 0 Å². The molecule has 16 heavy (non-hydrogen) atoms. The zero-order chi connectivity index (χ0) is 12.5. The molecule has 90 valence electrons. The minimum absolute atomic E-state index is 0.0391. The van der Waals surface area contributed by atoms with Gasteiger partial charge in [0.1, 0.15) is 0 Å². The van der Waals surface area contributed by atoms with Crippen LogP contribution in [0.3, 0.4) is 0 Å². The lowest BCUT2D eigenvalue weighted by Crippen LogP contribution is -2.50. The Balaban J connectivity index is 3.12. The summed E-state index contributed by atoms with van der Waals surface area (Å²) in [6, 6.07) is -0.0391. The van der Waals surface area contributed by atoms with Gasteiger partial charge in [-0.25, -0.2) is 4.79 Å². The summed E-state index contributed by atoms with van der Waals surface area (Å²) in [4.78, 5) is 15.6. The molecule has 1 heterocycles. The molecule has 0 saturated carbocycles. The van der Waals surface area contributed by atoms with Gasteiger partial charge in [-0.15, -0.1) is 0 Å². The minimum Gasteiger partial charge on any atom is -0.463 e. The van der Waals surface area contributed by atoms with Crippen LogP contribution in [0.25, 0.3) is 0 Å². The Kier molecular flexibility index (Phi) is 3.91. The van der Waals surface area contributed by atoms with Gasteiger partial charge in [-0.3, -0.25) is 0 Å². The minimum atomic E-state index is -0.256. The summed E-state index contributed by atoms with van der Waals surface area (Å²) >= 11 is 5.27. The average molecular weight is 242 g/mol. The summed E-state index contributed by atoms with van der Waals surface area (Å²) in [5.41, 5.74) is 1.55. The Morgan fingerprint density at radius 1 is 1.50 bits per heavy atom. The number of rotatable bonds is 2. The normalized spacial score (nSPS) is 21.6. The first kappa shape index (κ1) is 13.0. The molecule has 0 bridgehead atoms. The van der Waals surface area contributed by atoms with Crippen molar-refractivity contribution >= 4 is 23.3 Å². The Bertz CT molecular complexity index is 352. The largest absolute Gasteiger partial charge is 0.463 e. The molecule has 1 atom stereocenters. The van der Waals surface area contributed by atoms with Crippen molar-refractivity contribution in [2.45, 2.75) is 26.8 Å². The van der Waals surface area contributed by atoms with Crippen molar-refractivity contribution in [1.82, 2.24) is 9.80 Å². The second kappa shape index (κ2) is 4.82. The van der Waals surface area contributed by atoms with Gasteiger partial charge in [0.2, 0.25) is 0 Å². The summed E-state index contributed by atoms with van der Waals surface area (Å²) in [7, 11) is 3.74. The van der Waals surface area contributed by atoms with E-state index in [9.17, 15) is 4.79 Å². The third-order valence-corrected chi connectivity index (χ3v) is 3.54. The number of nitrogens with zero attached hydrogens (tertiary/aromatic N) is 2. The Morgan fingerprint density at radius 2 is 2.06 bits per heavy atom. The molecule has 0 aromatic carbocycles. The molecule has 1 aliphatic heterocycles. The molecule has 0 fully saturated rings. The summed E-state index contributed by atoms with van der Waals surface area (Å²) in [5, 5.41) is 0.720. The van der Waals surface area contributed by atoms with Gasteiger partial charge in [0, 0.05) is 19.8 Å². The summed E-state index contributed by atoms with van der Waals surface area (Å²) in [5.74, 6) is -0.256. The number of ether oxygens (including phenoxy) is 1. The van der Waals surface area contributed by atoms with Gasteiger partial charge in [-0.2, -0.15) is 0 Å². The van der Waals surface area contributed by atoms with E-state index in [-0.39, 0.29) is 12.0 Å². The van der Waals surface area contributed by atoms with Crippen molar-refractivity contribution in [3.8, 4) is 0 Å². The van der Waals surface area contributed by atoms with E-state index in [0.717, 1.165) is 10.8 Å². The lowest BCUT2D eigenvalue weighted by Gasteiger charge is -2.40. The van der Waals surface area contributed by atoms with Crippen molar-refractivity contribution in [1.29, 1.82) is 0 Å². The Labute approximate surface area is 102 Å². The average Bonchev–Trinajstić information content (AvgIpc) is 2.24. The Morgan fingerprint density at radius 3 is 2.56 bits per heavy atom. The van der Waals surface area contributed by atoms with Crippen molar-refractivity contribution in [2.75, 3.05) is 20.7 Å². The van der Waals surface area contributed by atoms with Gasteiger partial charge in [0.15, 0.2) is 5.11 Å². The molecular formula is C11H18N2O2S. The maximum absolute atomic E-state index is 11.8. The van der Waals surface area contributed by atoms with Gasteiger partial charge in [0.05, 0.1) is 18.2 Å². The summed E-state index contributed by atoms with van der Waals surface area (Å²) in [6.07, 6.45) is 0. The molecule has 0 aromatic heterocycles. The highest BCUT2D eigenvalue weighted by molar-refractivity contribution is 7.80. The van der Waals surface area contributed by atoms with Gasteiger partial charge in [-0.05, 0) is 33.0 Å². The van der Waals surface area contributed by atoms with Gasteiger partial charge >= 0.3 is 5.97 Å². The second-order valence-corrected chi connectivity index (χ2v) is 4.21. The fourth-order valence-electron chi connectivity index (χ4n) is 1.75. The lowest BCUT2D eigenvalue weighted by atomic mass is 10.0. The molecule has 0 aromatic rings. The molecule has 0 saturated heterocycles. The highest BCUT2D eigenvalue weighted by Crippen LogP contribution is 2.24. The maximum atomic E-state index is 11.8. The first-order valence-electron chi connectivity index (χ1n) is 5.30. The van der Waals surface area contributed by atoms with E-state index in [0.29, 0.717) is 12.2 Å². The number of thiocarbonyl (C=S) groups is 1. The third kappa shape index (κ3) is 2.04. The number of carbonyl (C=O) groups excluding carboxylic acids is 1. The predicted molar refractivity (Wildman–Crippen MR) is 66.9 cm³/mol. The fraction of sp³-hybridized carbons (Fsp3) is 0.636. The number of carbonyl (C=O) groups is 1. The van der Waals surface area contributed by atoms with Crippen molar-refractivity contribution in [3.05, 3.63) is 11.3 Å². The molecule has 5 heteroatoms. The van der Waals surface area contributed by atoms with E-state index in [1.54, 1.807) is 6.92 Å². The van der Waals surface area contributed by atoms with Crippen LogP contribution in [0, 0.1) is 0 Å². The molecule has 1 aliphatic rings. The topological polar surface area (TPSA) is 32.8 Å². The maximum Gasteiger partial charge on any atom is 0.337 e. The van der Waals surface area contributed by atoms with Gasteiger partial charge in [0.25, 0.3) is 0 Å². The monoisotopic (exact) mass is 242 g/mol. The molecule has 0 N–H and O–H groups in total. The highest BCUT2D eigenvalue weighted by Gasteiger charge is 2.33. The molecule has 1 unspecified atom stereocenters. The van der Waals surface area contributed by atoms with Crippen LogP contribution < -0.4 is 0 Å². The van der Waals surface area contributed by atoms with Crippen LogP contribution in [0.1, 0.15) is 20.8 Å². The zero-order valence-corrected chi connectivity index (χ0v) is 11.2. The molecule has 0 radical (unpaired) electrons. The van der Waals surface area contributed by atoms with Crippen molar-refractivity contribution in [2.24, 2.45) is 0 Å². The number of hydrogen-bond donors (Lipinski definition) is 0. The fourth-order valence-corrected chi connectivity index (χ4v) is 2.04. The molecule has 0 aliphatic carbocycles. The van der Waals surface area contributed by atoms with E-state index < -0.39 is 0 Å². The van der Waals surface area contributed by atoms with E-state index in [4.69, 9.17) is 17.0 Å². The smallest absolute Gasteiger partial charge is 0.337 e. The molecule has 0 spiro atoms. The van der Waals surface area contributed by atoms with E-state index >= 15 is 0 Å². The second-order valence-electron chi connectivity index (χ2n) is 3.85. The quantitative estimate of drug-likeness (QED) is 0.539. The standard InChI is InChI=1S/C11H18N2O2S/c1-6-15-10(14)9-7(2)12(4)11(16)13(5)8(9)3/h7H,6H2,1-5H3. The molecule has 0 amide bonds. The van der Waals surface area contributed by atoms with Crippen LogP contribution >= 0.6 is 12.2 Å². The Hall–Kier alpha value is -1.10. The third-order valence-electron chi connectivity index (χ3n) is 2.98. The number of likely N-dealkylation sites (N-methyl/N-ethyl adjacent to an activating group) is 1. The van der Waals surface area contributed by atoms with E-state index in [1.165, 1.54) is 0 Å². The zero-order valence-electron chi connectivity index (χ0n) is 10.4.